The number of carbonyl (C=O) groups is 1. The lowest BCUT2D eigenvalue weighted by Crippen LogP contribution is -2.12. The highest BCUT2D eigenvalue weighted by Gasteiger charge is 2.19. The van der Waals surface area contributed by atoms with Crippen LogP contribution in [0.4, 0.5) is 8.78 Å². The maximum atomic E-state index is 12.5. The summed E-state index contributed by atoms with van der Waals surface area (Å²) in [6, 6.07) is 1.03. The van der Waals surface area contributed by atoms with Gasteiger partial charge in [-0.3, -0.25) is 0 Å². The Morgan fingerprint density at radius 3 is 2.75 bits per heavy atom. The van der Waals surface area contributed by atoms with Crippen molar-refractivity contribution in [2.45, 2.75) is 13.0 Å². The van der Waals surface area contributed by atoms with Crippen LogP contribution >= 0.6 is 22.6 Å². The molecule has 1 aromatic rings. The molecule has 0 fully saturated rings. The van der Waals surface area contributed by atoms with Crippen LogP contribution in [0.15, 0.2) is 6.07 Å². The predicted molar refractivity (Wildman–Crippen MR) is 61.1 cm³/mol. The third-order valence-electron chi connectivity index (χ3n) is 1.87. The van der Waals surface area contributed by atoms with Crippen LogP contribution < -0.4 is 5.73 Å². The monoisotopic (exact) mass is 342 g/mol. The molecule has 1 aromatic heterocycles. The second-order valence-corrected chi connectivity index (χ2v) is 3.93. The quantitative estimate of drug-likeness (QED) is 0.673. The van der Waals surface area contributed by atoms with Crippen LogP contribution in [0.25, 0.3) is 0 Å². The number of nitrogens with zero attached hydrogens (tertiary/aromatic N) is 1. The number of pyridine rings is 1. The average Bonchev–Trinajstić information content (AvgIpc) is 2.28. The Morgan fingerprint density at radius 1 is 1.69 bits per heavy atom. The van der Waals surface area contributed by atoms with Crippen LogP contribution in [-0.4, -0.2) is 18.1 Å². The Bertz CT molecular complexity index is 413. The molecule has 0 saturated heterocycles. The number of alkyl halides is 2. The molecule has 0 amide bonds. The Labute approximate surface area is 104 Å². The second kappa shape index (κ2) is 5.48. The molecular formula is C9H9F2IN2O2. The van der Waals surface area contributed by atoms with Gasteiger partial charge in [0.05, 0.1) is 21.9 Å². The summed E-state index contributed by atoms with van der Waals surface area (Å²) < 4.78 is 29.9. The topological polar surface area (TPSA) is 65.2 Å². The minimum Gasteiger partial charge on any atom is -0.465 e. The molecule has 16 heavy (non-hydrogen) atoms. The molecule has 2 N–H and O–H groups in total. The zero-order valence-corrected chi connectivity index (χ0v) is 10.5. The lowest BCUT2D eigenvalue weighted by Gasteiger charge is -2.09. The van der Waals surface area contributed by atoms with Crippen molar-refractivity contribution in [2.75, 3.05) is 7.11 Å². The van der Waals surface area contributed by atoms with Gasteiger partial charge in [0, 0.05) is 6.54 Å². The standard InChI is InChI=1S/C9H9F2IN2O2/c1-16-9(15)4-2-5(8(10)11)14-6(3-13)7(4)12/h2,8H,3,13H2,1H3. The Morgan fingerprint density at radius 2 is 2.31 bits per heavy atom. The molecule has 0 atom stereocenters. The van der Waals surface area contributed by atoms with E-state index >= 15 is 0 Å². The fraction of sp³-hybridized carbons (Fsp3) is 0.333. The van der Waals surface area contributed by atoms with E-state index in [0.717, 1.165) is 6.07 Å². The Hall–Kier alpha value is -0.830. The summed E-state index contributed by atoms with van der Waals surface area (Å²) in [4.78, 5) is 15.0. The molecule has 0 aliphatic rings. The van der Waals surface area contributed by atoms with Gasteiger partial charge in [-0.15, -0.1) is 0 Å². The van der Waals surface area contributed by atoms with Crippen molar-refractivity contribution in [3.05, 3.63) is 26.6 Å². The maximum Gasteiger partial charge on any atom is 0.339 e. The zero-order valence-electron chi connectivity index (χ0n) is 8.34. The largest absolute Gasteiger partial charge is 0.465 e. The molecule has 1 rings (SSSR count). The van der Waals surface area contributed by atoms with E-state index in [1.165, 1.54) is 7.11 Å². The smallest absolute Gasteiger partial charge is 0.339 e. The van der Waals surface area contributed by atoms with E-state index in [1.807, 2.05) is 22.6 Å². The average molecular weight is 342 g/mol. The van der Waals surface area contributed by atoms with Crippen LogP contribution in [0.2, 0.25) is 0 Å². The zero-order chi connectivity index (χ0) is 12.3. The minimum absolute atomic E-state index is 0.0111. The van der Waals surface area contributed by atoms with Crippen molar-refractivity contribution in [1.29, 1.82) is 0 Å². The van der Waals surface area contributed by atoms with Gasteiger partial charge in [-0.25, -0.2) is 18.6 Å². The first-order valence-corrected chi connectivity index (χ1v) is 5.35. The third kappa shape index (κ3) is 2.64. The van der Waals surface area contributed by atoms with E-state index in [2.05, 4.69) is 9.72 Å². The summed E-state index contributed by atoms with van der Waals surface area (Å²) >= 11 is 1.83. The summed E-state index contributed by atoms with van der Waals surface area (Å²) in [5, 5.41) is 0. The molecule has 1 heterocycles. The molecule has 0 bridgehead atoms. The Balaban J connectivity index is 3.35. The van der Waals surface area contributed by atoms with Crippen molar-refractivity contribution in [2.24, 2.45) is 5.73 Å². The predicted octanol–water partition coefficient (Wildman–Crippen LogP) is 1.87. The molecule has 0 aromatic carbocycles. The van der Waals surface area contributed by atoms with E-state index in [4.69, 9.17) is 5.73 Å². The first-order valence-electron chi connectivity index (χ1n) is 4.27. The van der Waals surface area contributed by atoms with Gasteiger partial charge < -0.3 is 10.5 Å². The molecule has 88 valence electrons. The number of ether oxygens (including phenoxy) is 1. The Kier molecular flexibility index (Phi) is 4.54. The van der Waals surface area contributed by atoms with E-state index in [-0.39, 0.29) is 17.8 Å². The molecule has 0 radical (unpaired) electrons. The molecule has 0 aliphatic heterocycles. The number of rotatable bonds is 3. The van der Waals surface area contributed by atoms with Crippen molar-refractivity contribution < 1.29 is 18.3 Å². The van der Waals surface area contributed by atoms with Crippen molar-refractivity contribution in [1.82, 2.24) is 4.98 Å². The normalized spacial score (nSPS) is 10.6. The fourth-order valence-electron chi connectivity index (χ4n) is 1.11. The molecule has 0 aliphatic carbocycles. The van der Waals surface area contributed by atoms with E-state index in [1.54, 1.807) is 0 Å². The number of halogens is 3. The molecule has 7 heteroatoms. The molecule has 0 spiro atoms. The van der Waals surface area contributed by atoms with Crippen molar-refractivity contribution >= 4 is 28.6 Å². The number of hydrogen-bond acceptors (Lipinski definition) is 4. The lowest BCUT2D eigenvalue weighted by molar-refractivity contribution is 0.0598. The first-order chi connectivity index (χ1) is 7.51. The molecular weight excluding hydrogens is 333 g/mol. The van der Waals surface area contributed by atoms with Gasteiger partial charge in [0.15, 0.2) is 0 Å². The van der Waals surface area contributed by atoms with Gasteiger partial charge in [0.25, 0.3) is 6.43 Å². The molecule has 0 saturated carbocycles. The summed E-state index contributed by atoms with van der Waals surface area (Å²) in [6.07, 6.45) is -2.74. The van der Waals surface area contributed by atoms with Gasteiger partial charge in [0.2, 0.25) is 0 Å². The highest BCUT2D eigenvalue weighted by atomic mass is 127. The molecule has 4 nitrogen and oxygen atoms in total. The minimum atomic E-state index is -2.74. The highest BCUT2D eigenvalue weighted by molar-refractivity contribution is 14.1. The summed E-state index contributed by atoms with van der Waals surface area (Å²) in [6.45, 7) is -0.0111. The number of aromatic nitrogens is 1. The van der Waals surface area contributed by atoms with Crippen molar-refractivity contribution in [3.8, 4) is 0 Å². The first kappa shape index (κ1) is 13.2. The highest BCUT2D eigenvalue weighted by Crippen LogP contribution is 2.23. The van der Waals surface area contributed by atoms with Crippen LogP contribution in [0.1, 0.15) is 28.2 Å². The van der Waals surface area contributed by atoms with Gasteiger partial charge in [-0.2, -0.15) is 0 Å². The summed E-state index contributed by atoms with van der Waals surface area (Å²) in [5.41, 5.74) is 5.22. The number of esters is 1. The molecule has 0 unspecified atom stereocenters. The van der Waals surface area contributed by atoms with Gasteiger partial charge in [-0.1, -0.05) is 0 Å². The fourth-order valence-corrected chi connectivity index (χ4v) is 1.83. The second-order valence-electron chi connectivity index (χ2n) is 2.85. The number of methoxy groups -OCH3 is 1. The van der Waals surface area contributed by atoms with E-state index in [9.17, 15) is 13.6 Å². The summed E-state index contributed by atoms with van der Waals surface area (Å²) in [7, 11) is 1.18. The van der Waals surface area contributed by atoms with Gasteiger partial charge >= 0.3 is 5.97 Å². The van der Waals surface area contributed by atoms with Crippen LogP contribution in [0.5, 0.6) is 0 Å². The van der Waals surface area contributed by atoms with Gasteiger partial charge in [-0.05, 0) is 28.7 Å². The number of carbonyl (C=O) groups excluding carboxylic acids is 1. The maximum absolute atomic E-state index is 12.5. The van der Waals surface area contributed by atoms with Crippen LogP contribution in [0, 0.1) is 3.57 Å². The van der Waals surface area contributed by atoms with Crippen molar-refractivity contribution in [3.63, 3.8) is 0 Å². The van der Waals surface area contributed by atoms with Crippen LogP contribution in [0.3, 0.4) is 0 Å². The van der Waals surface area contributed by atoms with Gasteiger partial charge in [0.1, 0.15) is 5.69 Å². The number of nitrogens with two attached hydrogens (primary N) is 1. The van der Waals surface area contributed by atoms with E-state index < -0.39 is 18.1 Å². The van der Waals surface area contributed by atoms with E-state index in [0.29, 0.717) is 3.57 Å². The SMILES string of the molecule is COC(=O)c1cc(C(F)F)nc(CN)c1I. The lowest BCUT2D eigenvalue weighted by atomic mass is 10.2. The van der Waals surface area contributed by atoms with Crippen LogP contribution in [-0.2, 0) is 11.3 Å². The third-order valence-corrected chi connectivity index (χ3v) is 3.07. The number of hydrogen-bond donors (Lipinski definition) is 1. The summed E-state index contributed by atoms with van der Waals surface area (Å²) in [5.74, 6) is -0.677.